The quantitative estimate of drug-likeness (QED) is 0.681. The normalized spacial score (nSPS) is 11.4. The van der Waals surface area contributed by atoms with Crippen LogP contribution in [-0.2, 0) is 10.7 Å². The van der Waals surface area contributed by atoms with Crippen LogP contribution in [0, 0.1) is 0 Å². The van der Waals surface area contributed by atoms with Gasteiger partial charge in [0.25, 0.3) is 0 Å². The van der Waals surface area contributed by atoms with Crippen LogP contribution < -0.4 is 10.6 Å². The fourth-order valence-corrected chi connectivity index (χ4v) is 4.88. The number of hydrogen-bond acceptors (Lipinski definition) is 2. The smallest absolute Gasteiger partial charge is 0.150 e. The third kappa shape index (κ3) is 2.48. The zero-order valence-electron chi connectivity index (χ0n) is 11.0. The minimum Gasteiger partial charge on any atom is -0.469 e. The largest absolute Gasteiger partial charge is 0.469 e. The van der Waals surface area contributed by atoms with E-state index in [4.69, 9.17) is 4.42 Å². The van der Waals surface area contributed by atoms with E-state index in [0.717, 1.165) is 16.4 Å². The van der Waals surface area contributed by atoms with Crippen molar-refractivity contribution in [1.82, 2.24) is 0 Å². The van der Waals surface area contributed by atoms with Crippen LogP contribution in [-0.4, -0.2) is 0 Å². The van der Waals surface area contributed by atoms with Gasteiger partial charge in [0, 0.05) is 10.6 Å². The molecule has 20 heavy (non-hydrogen) atoms. The average molecular weight is 282 g/mol. The molecule has 0 aliphatic heterocycles. The van der Waals surface area contributed by atoms with Gasteiger partial charge in [0.2, 0.25) is 0 Å². The molecule has 0 N–H and O–H groups in total. The highest BCUT2D eigenvalue weighted by Gasteiger charge is 2.28. The van der Waals surface area contributed by atoms with Crippen molar-refractivity contribution in [3.63, 3.8) is 0 Å². The number of hydrogen-bond donors (Lipinski definition) is 0. The summed E-state index contributed by atoms with van der Waals surface area (Å²) in [5.74, 6) is 0.751. The van der Waals surface area contributed by atoms with Crippen molar-refractivity contribution in [2.24, 2.45) is 0 Å². The fourth-order valence-electron chi connectivity index (χ4n) is 2.29. The molecule has 0 fully saturated rings. The van der Waals surface area contributed by atoms with Crippen molar-refractivity contribution in [2.45, 2.75) is 6.16 Å². The summed E-state index contributed by atoms with van der Waals surface area (Å²) >= 11 is 0. The summed E-state index contributed by atoms with van der Waals surface area (Å²) in [4.78, 5) is 0. The first kappa shape index (κ1) is 13.0. The van der Waals surface area contributed by atoms with E-state index >= 15 is 0 Å². The monoisotopic (exact) mass is 282 g/mol. The van der Waals surface area contributed by atoms with Crippen molar-refractivity contribution in [3.8, 4) is 0 Å². The predicted octanol–water partition coefficient (Wildman–Crippen LogP) is 3.79. The molecule has 0 spiro atoms. The van der Waals surface area contributed by atoms with Crippen molar-refractivity contribution in [1.29, 1.82) is 0 Å². The predicted molar refractivity (Wildman–Crippen MR) is 82.2 cm³/mol. The first-order chi connectivity index (χ1) is 9.79. The fraction of sp³-hybridized carbons (Fsp3) is 0.0588. The lowest BCUT2D eigenvalue weighted by molar-refractivity contribution is 0.522. The molecular weight excluding hydrogens is 267 g/mol. The minimum atomic E-state index is -2.71. The molecular formula is C17H15O2P. The molecule has 0 unspecified atom stereocenters. The second-order valence-electron chi connectivity index (χ2n) is 4.65. The molecule has 0 aliphatic rings. The maximum Gasteiger partial charge on any atom is 0.150 e. The molecule has 100 valence electrons. The van der Waals surface area contributed by atoms with Crippen molar-refractivity contribution in [2.75, 3.05) is 0 Å². The van der Waals surface area contributed by atoms with E-state index in [-0.39, 0.29) is 0 Å². The molecule has 3 heteroatoms. The molecule has 1 heterocycles. The average Bonchev–Trinajstić information content (AvgIpc) is 3.02. The zero-order valence-corrected chi connectivity index (χ0v) is 11.9. The third-order valence-corrected chi connectivity index (χ3v) is 6.33. The highest BCUT2D eigenvalue weighted by molar-refractivity contribution is 7.78. The van der Waals surface area contributed by atoms with Gasteiger partial charge in [-0.25, -0.2) is 0 Å². The van der Waals surface area contributed by atoms with Gasteiger partial charge in [0.05, 0.1) is 12.4 Å². The molecule has 2 aromatic carbocycles. The van der Waals surface area contributed by atoms with Gasteiger partial charge in [-0.1, -0.05) is 60.7 Å². The Morgan fingerprint density at radius 2 is 1.30 bits per heavy atom. The molecule has 0 amide bonds. The highest BCUT2D eigenvalue weighted by atomic mass is 31.2. The lowest BCUT2D eigenvalue weighted by atomic mass is 10.4. The standard InChI is InChI=1S/C17H15O2P/c18-20(14-15-8-7-13-19-15,16-9-3-1-4-10-16)17-11-5-2-6-12-17/h1-13H,14H2. The molecule has 2 nitrogen and oxygen atoms in total. The Kier molecular flexibility index (Phi) is 3.58. The second kappa shape index (κ2) is 5.52. The van der Waals surface area contributed by atoms with E-state index in [1.54, 1.807) is 6.26 Å². The van der Waals surface area contributed by atoms with Crippen LogP contribution in [0.5, 0.6) is 0 Å². The Balaban J connectivity index is 2.10. The molecule has 0 radical (unpaired) electrons. The summed E-state index contributed by atoms with van der Waals surface area (Å²) in [6, 6.07) is 23.0. The summed E-state index contributed by atoms with van der Waals surface area (Å²) in [6.07, 6.45) is 2.03. The summed E-state index contributed by atoms with van der Waals surface area (Å²) in [5.41, 5.74) is 0. The summed E-state index contributed by atoms with van der Waals surface area (Å²) < 4.78 is 19.0. The van der Waals surface area contributed by atoms with E-state index in [2.05, 4.69) is 0 Å². The lowest BCUT2D eigenvalue weighted by Gasteiger charge is -2.18. The molecule has 0 saturated carbocycles. The SMILES string of the molecule is O=P(Cc1ccco1)(c1ccccc1)c1ccccc1. The van der Waals surface area contributed by atoms with E-state index in [1.165, 1.54) is 0 Å². The van der Waals surface area contributed by atoms with Gasteiger partial charge < -0.3 is 8.98 Å². The summed E-state index contributed by atoms with van der Waals surface area (Å²) in [5, 5.41) is 1.73. The number of benzene rings is 2. The topological polar surface area (TPSA) is 30.2 Å². The van der Waals surface area contributed by atoms with Crippen LogP contribution in [0.1, 0.15) is 5.76 Å². The van der Waals surface area contributed by atoms with Crippen LogP contribution in [0.3, 0.4) is 0 Å². The van der Waals surface area contributed by atoms with Gasteiger partial charge in [-0.3, -0.25) is 0 Å². The van der Waals surface area contributed by atoms with Gasteiger partial charge in [0.1, 0.15) is 5.76 Å². The maximum atomic E-state index is 13.6. The van der Waals surface area contributed by atoms with E-state index in [9.17, 15) is 4.57 Å². The Morgan fingerprint density at radius 1 is 0.750 bits per heavy atom. The second-order valence-corrected chi connectivity index (χ2v) is 7.48. The molecule has 3 rings (SSSR count). The van der Waals surface area contributed by atoms with E-state index in [1.807, 2.05) is 72.8 Å². The van der Waals surface area contributed by atoms with Crippen LogP contribution in [0.25, 0.3) is 0 Å². The van der Waals surface area contributed by atoms with Crippen LogP contribution in [0.2, 0.25) is 0 Å². The molecule has 3 aromatic rings. The molecule has 0 atom stereocenters. The van der Waals surface area contributed by atoms with Gasteiger partial charge in [0.15, 0.2) is 7.14 Å². The number of furan rings is 1. The lowest BCUT2D eigenvalue weighted by Crippen LogP contribution is -2.17. The Hall–Kier alpha value is -2.05. The first-order valence-corrected chi connectivity index (χ1v) is 8.41. The minimum absolute atomic E-state index is 0.411. The van der Waals surface area contributed by atoms with Gasteiger partial charge in [-0.05, 0) is 12.1 Å². The van der Waals surface area contributed by atoms with Crippen LogP contribution in [0.15, 0.2) is 83.5 Å². The molecule has 0 aliphatic carbocycles. The summed E-state index contributed by atoms with van der Waals surface area (Å²) in [6.45, 7) is 0. The first-order valence-electron chi connectivity index (χ1n) is 6.52. The van der Waals surface area contributed by atoms with E-state index in [0.29, 0.717) is 6.16 Å². The van der Waals surface area contributed by atoms with Crippen molar-refractivity contribution in [3.05, 3.63) is 84.8 Å². The van der Waals surface area contributed by atoms with Crippen LogP contribution in [0.4, 0.5) is 0 Å². The van der Waals surface area contributed by atoms with Crippen LogP contribution >= 0.6 is 7.14 Å². The van der Waals surface area contributed by atoms with E-state index < -0.39 is 7.14 Å². The highest BCUT2D eigenvalue weighted by Crippen LogP contribution is 2.46. The molecule has 0 bridgehead atoms. The molecule has 0 saturated heterocycles. The van der Waals surface area contributed by atoms with Crippen molar-refractivity contribution < 1.29 is 8.98 Å². The zero-order chi connectivity index (χ0) is 13.8. The van der Waals surface area contributed by atoms with Gasteiger partial charge >= 0.3 is 0 Å². The molecule has 1 aromatic heterocycles. The van der Waals surface area contributed by atoms with Gasteiger partial charge in [-0.15, -0.1) is 0 Å². The Labute approximate surface area is 118 Å². The van der Waals surface area contributed by atoms with Gasteiger partial charge in [-0.2, -0.15) is 0 Å². The number of rotatable bonds is 4. The third-order valence-electron chi connectivity index (χ3n) is 3.31. The Bertz CT molecular complexity index is 660. The maximum absolute atomic E-state index is 13.6. The summed E-state index contributed by atoms with van der Waals surface area (Å²) in [7, 11) is -2.71. The van der Waals surface area contributed by atoms with Crippen molar-refractivity contribution >= 4 is 17.8 Å². The Morgan fingerprint density at radius 3 is 1.75 bits per heavy atom.